The molecule has 5 heteroatoms. The molecule has 0 saturated carbocycles. The van der Waals surface area contributed by atoms with Crippen molar-refractivity contribution < 1.29 is 13.9 Å². The van der Waals surface area contributed by atoms with Crippen molar-refractivity contribution in [2.75, 3.05) is 20.2 Å². The third kappa shape index (κ3) is 4.96. The molecule has 0 atom stereocenters. The van der Waals surface area contributed by atoms with E-state index < -0.39 is 5.82 Å². The largest absolute Gasteiger partial charge is 0.490 e. The second kappa shape index (κ2) is 7.37. The average molecular weight is 264 g/mol. The lowest BCUT2D eigenvalue weighted by Gasteiger charge is -2.15. The molecular weight excluding hydrogens is 247 g/mol. The summed E-state index contributed by atoms with van der Waals surface area (Å²) in [6.07, 6.45) is 0.463. The van der Waals surface area contributed by atoms with Crippen LogP contribution in [-0.2, 0) is 4.79 Å². The van der Waals surface area contributed by atoms with Crippen LogP contribution in [0.3, 0.4) is 0 Å². The molecule has 0 aliphatic rings. The first kappa shape index (κ1) is 15.0. The number of benzene rings is 1. The Balaban J connectivity index is 2.40. The van der Waals surface area contributed by atoms with Crippen molar-refractivity contribution in [2.45, 2.75) is 19.8 Å². The molecule has 102 valence electrons. The summed E-state index contributed by atoms with van der Waals surface area (Å²) < 4.78 is 18.6. The van der Waals surface area contributed by atoms with Crippen LogP contribution in [0.2, 0.25) is 0 Å². The van der Waals surface area contributed by atoms with Crippen LogP contribution < -0.4 is 4.74 Å². The van der Waals surface area contributed by atoms with E-state index in [2.05, 4.69) is 0 Å². The Kier molecular flexibility index (Phi) is 5.80. The summed E-state index contributed by atoms with van der Waals surface area (Å²) in [7, 11) is 1.63. The standard InChI is InChI=1S/C14H17FN2O2/c1-11-4-5-12(15)13(10-11)19-9-6-14(18)17(2)8-3-7-16/h4-5,10H,3,6,8-9H2,1-2H3. The third-order valence-electron chi connectivity index (χ3n) is 2.64. The van der Waals surface area contributed by atoms with Crippen LogP contribution in [0.5, 0.6) is 5.75 Å². The molecule has 1 aromatic rings. The first-order valence-electron chi connectivity index (χ1n) is 6.04. The van der Waals surface area contributed by atoms with E-state index in [-0.39, 0.29) is 24.7 Å². The maximum atomic E-state index is 13.4. The highest BCUT2D eigenvalue weighted by Crippen LogP contribution is 2.18. The number of carbonyl (C=O) groups is 1. The van der Waals surface area contributed by atoms with Crippen molar-refractivity contribution in [3.05, 3.63) is 29.6 Å². The molecule has 0 spiro atoms. The van der Waals surface area contributed by atoms with Crippen LogP contribution in [0.1, 0.15) is 18.4 Å². The maximum Gasteiger partial charge on any atom is 0.225 e. The van der Waals surface area contributed by atoms with Gasteiger partial charge in [0.15, 0.2) is 11.6 Å². The van der Waals surface area contributed by atoms with E-state index in [0.29, 0.717) is 13.0 Å². The van der Waals surface area contributed by atoms with E-state index in [4.69, 9.17) is 10.00 Å². The van der Waals surface area contributed by atoms with Gasteiger partial charge < -0.3 is 9.64 Å². The van der Waals surface area contributed by atoms with Crippen molar-refractivity contribution >= 4 is 5.91 Å². The molecule has 1 aromatic carbocycles. The van der Waals surface area contributed by atoms with E-state index in [1.807, 2.05) is 13.0 Å². The van der Waals surface area contributed by atoms with Gasteiger partial charge in [-0.05, 0) is 24.6 Å². The van der Waals surface area contributed by atoms with Gasteiger partial charge in [0.25, 0.3) is 0 Å². The van der Waals surface area contributed by atoms with E-state index in [0.717, 1.165) is 5.56 Å². The molecule has 0 bridgehead atoms. The fourth-order valence-corrected chi connectivity index (χ4v) is 1.50. The van der Waals surface area contributed by atoms with E-state index in [1.165, 1.54) is 11.0 Å². The Hall–Kier alpha value is -2.09. The Morgan fingerprint density at radius 3 is 2.95 bits per heavy atom. The van der Waals surface area contributed by atoms with Crippen molar-refractivity contribution in [3.63, 3.8) is 0 Å². The van der Waals surface area contributed by atoms with E-state index in [1.54, 1.807) is 19.2 Å². The minimum absolute atomic E-state index is 0.121. The van der Waals surface area contributed by atoms with E-state index in [9.17, 15) is 9.18 Å². The van der Waals surface area contributed by atoms with Gasteiger partial charge in [0.1, 0.15) is 0 Å². The minimum atomic E-state index is -0.434. The Bertz CT molecular complexity index is 483. The highest BCUT2D eigenvalue weighted by atomic mass is 19.1. The summed E-state index contributed by atoms with van der Waals surface area (Å²) in [5, 5.41) is 8.42. The van der Waals surface area contributed by atoms with Crippen LogP contribution >= 0.6 is 0 Å². The molecule has 4 nitrogen and oxygen atoms in total. The number of nitrogens with zero attached hydrogens (tertiary/aromatic N) is 2. The number of nitriles is 1. The zero-order valence-electron chi connectivity index (χ0n) is 11.1. The van der Waals surface area contributed by atoms with Gasteiger partial charge in [-0.3, -0.25) is 4.79 Å². The highest BCUT2D eigenvalue weighted by Gasteiger charge is 2.09. The average Bonchev–Trinajstić information content (AvgIpc) is 2.39. The lowest BCUT2D eigenvalue weighted by molar-refractivity contribution is -0.130. The quantitative estimate of drug-likeness (QED) is 0.792. The molecule has 0 saturated heterocycles. The van der Waals surface area contributed by atoms with Crippen molar-refractivity contribution in [3.8, 4) is 11.8 Å². The zero-order chi connectivity index (χ0) is 14.3. The molecule has 0 fully saturated rings. The van der Waals surface area contributed by atoms with Gasteiger partial charge in [0.05, 0.1) is 25.5 Å². The zero-order valence-corrected chi connectivity index (χ0v) is 11.1. The lowest BCUT2D eigenvalue weighted by atomic mass is 10.2. The van der Waals surface area contributed by atoms with Crippen molar-refractivity contribution in [2.24, 2.45) is 0 Å². The minimum Gasteiger partial charge on any atom is -0.490 e. The van der Waals surface area contributed by atoms with Crippen LogP contribution in [0, 0.1) is 24.1 Å². The molecule has 0 unspecified atom stereocenters. The second-order valence-corrected chi connectivity index (χ2v) is 4.26. The number of aryl methyl sites for hydroxylation is 1. The molecule has 0 N–H and O–H groups in total. The Morgan fingerprint density at radius 1 is 1.53 bits per heavy atom. The molecule has 1 rings (SSSR count). The number of halogens is 1. The molecule has 0 aliphatic heterocycles. The summed E-state index contributed by atoms with van der Waals surface area (Å²) in [5.74, 6) is -0.397. The summed E-state index contributed by atoms with van der Waals surface area (Å²) in [4.78, 5) is 13.1. The maximum absolute atomic E-state index is 13.4. The van der Waals surface area contributed by atoms with Crippen LogP contribution in [0.25, 0.3) is 0 Å². The summed E-state index contributed by atoms with van der Waals surface area (Å²) >= 11 is 0. The summed E-state index contributed by atoms with van der Waals surface area (Å²) in [6, 6.07) is 6.57. The molecule has 1 amide bonds. The monoisotopic (exact) mass is 264 g/mol. The summed E-state index contributed by atoms with van der Waals surface area (Å²) in [5.41, 5.74) is 0.897. The molecule has 0 heterocycles. The third-order valence-corrected chi connectivity index (χ3v) is 2.64. The predicted octanol–water partition coefficient (Wildman–Crippen LogP) is 2.28. The number of hydrogen-bond donors (Lipinski definition) is 0. The normalized spacial score (nSPS) is 9.79. The number of hydrogen-bond acceptors (Lipinski definition) is 3. The second-order valence-electron chi connectivity index (χ2n) is 4.26. The SMILES string of the molecule is Cc1ccc(F)c(OCCC(=O)N(C)CCC#N)c1. The fraction of sp³-hybridized carbons (Fsp3) is 0.429. The number of amides is 1. The number of rotatable bonds is 6. The first-order valence-corrected chi connectivity index (χ1v) is 6.04. The van der Waals surface area contributed by atoms with Gasteiger partial charge in [-0.1, -0.05) is 6.07 Å². The van der Waals surface area contributed by atoms with Gasteiger partial charge in [-0.15, -0.1) is 0 Å². The van der Waals surface area contributed by atoms with Crippen molar-refractivity contribution in [1.82, 2.24) is 4.90 Å². The van der Waals surface area contributed by atoms with Gasteiger partial charge in [0.2, 0.25) is 5.91 Å². The molecule has 0 radical (unpaired) electrons. The molecule has 19 heavy (non-hydrogen) atoms. The molecule has 0 aliphatic carbocycles. The van der Waals surface area contributed by atoms with E-state index >= 15 is 0 Å². The van der Waals surface area contributed by atoms with Crippen LogP contribution in [0.15, 0.2) is 18.2 Å². The molecule has 0 aromatic heterocycles. The summed E-state index contributed by atoms with van der Waals surface area (Å²) in [6.45, 7) is 2.36. The first-order chi connectivity index (χ1) is 9.04. The van der Waals surface area contributed by atoms with Crippen molar-refractivity contribution in [1.29, 1.82) is 5.26 Å². The van der Waals surface area contributed by atoms with Crippen LogP contribution in [-0.4, -0.2) is 31.0 Å². The van der Waals surface area contributed by atoms with Crippen LogP contribution in [0.4, 0.5) is 4.39 Å². The number of carbonyl (C=O) groups excluding carboxylic acids is 1. The number of ether oxygens (including phenoxy) is 1. The fourth-order valence-electron chi connectivity index (χ4n) is 1.50. The Morgan fingerprint density at radius 2 is 2.26 bits per heavy atom. The van der Waals surface area contributed by atoms with Gasteiger partial charge in [0, 0.05) is 13.6 Å². The van der Waals surface area contributed by atoms with Gasteiger partial charge in [-0.25, -0.2) is 4.39 Å². The smallest absolute Gasteiger partial charge is 0.225 e. The predicted molar refractivity (Wildman–Crippen MR) is 69.1 cm³/mol. The highest BCUT2D eigenvalue weighted by molar-refractivity contribution is 5.75. The Labute approximate surface area is 112 Å². The molecular formula is C14H17FN2O2. The van der Waals surface area contributed by atoms with Gasteiger partial charge in [-0.2, -0.15) is 5.26 Å². The lowest BCUT2D eigenvalue weighted by Crippen LogP contribution is -2.28. The van der Waals surface area contributed by atoms with Gasteiger partial charge >= 0.3 is 0 Å². The topological polar surface area (TPSA) is 53.3 Å².